The SMILES string of the molecule is COc1ccc(/C=N\Nc2ccccc2[N+](=O)[O-])c(C(=O)[O-])c1OC. The van der Waals surface area contributed by atoms with Crippen LogP contribution >= 0.6 is 0 Å². The number of carboxylic acids is 1. The van der Waals surface area contributed by atoms with E-state index in [9.17, 15) is 20.0 Å². The quantitative estimate of drug-likeness (QED) is 0.457. The summed E-state index contributed by atoms with van der Waals surface area (Å²) in [6.45, 7) is 0. The summed E-state index contributed by atoms with van der Waals surface area (Å²) >= 11 is 0. The highest BCUT2D eigenvalue weighted by Gasteiger charge is 2.15. The van der Waals surface area contributed by atoms with Gasteiger partial charge >= 0.3 is 0 Å². The molecule has 0 aliphatic rings. The van der Waals surface area contributed by atoms with Gasteiger partial charge in [0.1, 0.15) is 5.69 Å². The van der Waals surface area contributed by atoms with Crippen molar-refractivity contribution in [3.8, 4) is 11.5 Å². The van der Waals surface area contributed by atoms with Crippen LogP contribution in [-0.4, -0.2) is 31.3 Å². The van der Waals surface area contributed by atoms with Gasteiger partial charge in [0.05, 0.1) is 36.9 Å². The zero-order chi connectivity index (χ0) is 18.4. The summed E-state index contributed by atoms with van der Waals surface area (Å²) in [6, 6.07) is 8.89. The smallest absolute Gasteiger partial charge is 0.294 e. The third-order valence-electron chi connectivity index (χ3n) is 3.27. The van der Waals surface area contributed by atoms with Crippen LogP contribution in [0.25, 0.3) is 0 Å². The largest absolute Gasteiger partial charge is 0.545 e. The minimum Gasteiger partial charge on any atom is -0.545 e. The lowest BCUT2D eigenvalue weighted by atomic mass is 10.1. The maximum atomic E-state index is 11.4. The van der Waals surface area contributed by atoms with Gasteiger partial charge in [0.2, 0.25) is 0 Å². The van der Waals surface area contributed by atoms with Gasteiger partial charge in [-0.05, 0) is 18.2 Å². The Balaban J connectivity index is 2.36. The molecule has 0 aliphatic carbocycles. The number of aromatic carboxylic acids is 1. The van der Waals surface area contributed by atoms with E-state index in [4.69, 9.17) is 9.47 Å². The summed E-state index contributed by atoms with van der Waals surface area (Å²) in [5.74, 6) is -1.24. The van der Waals surface area contributed by atoms with E-state index in [0.29, 0.717) is 0 Å². The number of nitrogens with one attached hydrogen (secondary N) is 1. The number of para-hydroxylation sites is 2. The number of hydrogen-bond donors (Lipinski definition) is 1. The number of nitro benzene ring substituents is 1. The molecule has 9 nitrogen and oxygen atoms in total. The molecule has 0 saturated heterocycles. The molecule has 2 aromatic rings. The van der Waals surface area contributed by atoms with Gasteiger partial charge < -0.3 is 19.4 Å². The Labute approximate surface area is 142 Å². The fourth-order valence-electron chi connectivity index (χ4n) is 2.16. The molecule has 0 radical (unpaired) electrons. The van der Waals surface area contributed by atoms with Crippen LogP contribution in [0.3, 0.4) is 0 Å². The molecule has 0 fully saturated rings. The summed E-state index contributed by atoms with van der Waals surface area (Å²) in [5, 5.41) is 26.2. The predicted octanol–water partition coefficient (Wildman–Crippen LogP) is 1.42. The second kappa shape index (κ2) is 7.77. The number of rotatable bonds is 7. The molecule has 0 aliphatic heterocycles. The third kappa shape index (κ3) is 3.83. The monoisotopic (exact) mass is 344 g/mol. The van der Waals surface area contributed by atoms with Crippen LogP contribution in [0.1, 0.15) is 15.9 Å². The molecule has 0 spiro atoms. The van der Waals surface area contributed by atoms with Crippen LogP contribution in [0.4, 0.5) is 11.4 Å². The summed E-state index contributed by atoms with van der Waals surface area (Å²) in [6.07, 6.45) is 1.20. The second-order valence-corrected chi connectivity index (χ2v) is 4.70. The maximum absolute atomic E-state index is 11.4. The van der Waals surface area contributed by atoms with E-state index in [1.54, 1.807) is 6.07 Å². The normalized spacial score (nSPS) is 10.5. The number of methoxy groups -OCH3 is 2. The molecule has 2 rings (SSSR count). The number of nitro groups is 1. The Hall–Kier alpha value is -3.62. The van der Waals surface area contributed by atoms with Gasteiger partial charge in [0.25, 0.3) is 5.69 Å². The van der Waals surface area contributed by atoms with Crippen LogP contribution < -0.4 is 20.0 Å². The van der Waals surface area contributed by atoms with Crippen LogP contribution in [0, 0.1) is 10.1 Å². The third-order valence-corrected chi connectivity index (χ3v) is 3.27. The van der Waals surface area contributed by atoms with Crippen molar-refractivity contribution in [2.24, 2.45) is 5.10 Å². The molecule has 25 heavy (non-hydrogen) atoms. The van der Waals surface area contributed by atoms with Crippen LogP contribution in [-0.2, 0) is 0 Å². The molecular formula is C16H14N3O6-. The highest BCUT2D eigenvalue weighted by Crippen LogP contribution is 2.32. The first kappa shape index (κ1) is 17.7. The minimum atomic E-state index is -1.47. The molecule has 2 aromatic carbocycles. The van der Waals surface area contributed by atoms with Crippen molar-refractivity contribution >= 4 is 23.6 Å². The van der Waals surface area contributed by atoms with Crippen molar-refractivity contribution in [2.75, 3.05) is 19.6 Å². The Morgan fingerprint density at radius 2 is 1.92 bits per heavy atom. The average Bonchev–Trinajstić information content (AvgIpc) is 2.61. The van der Waals surface area contributed by atoms with Crippen LogP contribution in [0.5, 0.6) is 11.5 Å². The number of carboxylic acid groups (broad SMARTS) is 1. The van der Waals surface area contributed by atoms with Crippen LogP contribution in [0.15, 0.2) is 41.5 Å². The number of carbonyl (C=O) groups is 1. The van der Waals surface area contributed by atoms with Crippen molar-refractivity contribution < 1.29 is 24.3 Å². The Morgan fingerprint density at radius 1 is 1.20 bits per heavy atom. The summed E-state index contributed by atoms with van der Waals surface area (Å²) in [7, 11) is 2.68. The molecule has 0 saturated carbocycles. The summed E-state index contributed by atoms with van der Waals surface area (Å²) in [4.78, 5) is 21.8. The van der Waals surface area contributed by atoms with E-state index in [0.717, 1.165) is 0 Å². The molecule has 0 aromatic heterocycles. The fourth-order valence-corrected chi connectivity index (χ4v) is 2.16. The van der Waals surface area contributed by atoms with Gasteiger partial charge in [0, 0.05) is 11.6 Å². The van der Waals surface area contributed by atoms with Crippen LogP contribution in [0.2, 0.25) is 0 Å². The number of carbonyl (C=O) groups excluding carboxylic acids is 1. The fraction of sp³-hybridized carbons (Fsp3) is 0.125. The summed E-state index contributed by atoms with van der Waals surface area (Å²) in [5.41, 5.74) is 2.47. The number of nitrogens with zero attached hydrogens (tertiary/aromatic N) is 2. The topological polar surface area (TPSA) is 126 Å². The van der Waals surface area contributed by atoms with Gasteiger partial charge in [-0.1, -0.05) is 12.1 Å². The first-order valence-corrected chi connectivity index (χ1v) is 6.98. The van der Waals surface area contributed by atoms with Gasteiger partial charge in [0.15, 0.2) is 11.5 Å². The zero-order valence-electron chi connectivity index (χ0n) is 13.4. The highest BCUT2D eigenvalue weighted by molar-refractivity contribution is 6.01. The summed E-state index contributed by atoms with van der Waals surface area (Å²) < 4.78 is 10.1. The molecule has 0 atom stereocenters. The molecular weight excluding hydrogens is 330 g/mol. The molecule has 0 bridgehead atoms. The maximum Gasteiger partial charge on any atom is 0.294 e. The molecule has 0 amide bonds. The van der Waals surface area contributed by atoms with E-state index in [-0.39, 0.29) is 34.0 Å². The van der Waals surface area contributed by atoms with Crippen molar-refractivity contribution in [1.82, 2.24) is 0 Å². The van der Waals surface area contributed by atoms with Crippen molar-refractivity contribution in [1.29, 1.82) is 0 Å². The van der Waals surface area contributed by atoms with E-state index in [1.807, 2.05) is 0 Å². The average molecular weight is 344 g/mol. The second-order valence-electron chi connectivity index (χ2n) is 4.70. The first-order valence-electron chi connectivity index (χ1n) is 6.98. The predicted molar refractivity (Wildman–Crippen MR) is 88.2 cm³/mol. The van der Waals surface area contributed by atoms with Gasteiger partial charge in [-0.2, -0.15) is 5.10 Å². The van der Waals surface area contributed by atoms with E-state index >= 15 is 0 Å². The lowest BCUT2D eigenvalue weighted by molar-refractivity contribution is -0.384. The Bertz CT molecular complexity index is 835. The van der Waals surface area contributed by atoms with Gasteiger partial charge in [-0.3, -0.25) is 15.5 Å². The molecule has 9 heteroatoms. The number of benzene rings is 2. The van der Waals surface area contributed by atoms with Crippen molar-refractivity contribution in [3.63, 3.8) is 0 Å². The zero-order valence-corrected chi connectivity index (χ0v) is 13.4. The van der Waals surface area contributed by atoms with Gasteiger partial charge in [-0.15, -0.1) is 0 Å². The van der Waals surface area contributed by atoms with E-state index < -0.39 is 10.9 Å². The number of ether oxygens (including phenoxy) is 2. The lowest BCUT2D eigenvalue weighted by Crippen LogP contribution is -2.25. The van der Waals surface area contributed by atoms with Crippen molar-refractivity contribution in [2.45, 2.75) is 0 Å². The molecule has 1 N–H and O–H groups in total. The lowest BCUT2D eigenvalue weighted by Gasteiger charge is -2.15. The molecule has 130 valence electrons. The first-order chi connectivity index (χ1) is 12.0. The van der Waals surface area contributed by atoms with E-state index in [1.165, 1.54) is 50.8 Å². The van der Waals surface area contributed by atoms with Gasteiger partial charge in [-0.25, -0.2) is 0 Å². The highest BCUT2D eigenvalue weighted by atomic mass is 16.6. The number of hydrogen-bond acceptors (Lipinski definition) is 8. The van der Waals surface area contributed by atoms with Crippen molar-refractivity contribution in [3.05, 3.63) is 57.6 Å². The van der Waals surface area contributed by atoms with E-state index in [2.05, 4.69) is 10.5 Å². The molecule has 0 unspecified atom stereocenters. The Kier molecular flexibility index (Phi) is 5.51. The minimum absolute atomic E-state index is 0.00265. The Morgan fingerprint density at radius 3 is 2.52 bits per heavy atom. The number of hydrazone groups is 1. The number of anilines is 1. The standard InChI is InChI=1S/C16H15N3O6/c1-24-13-8-7-10(14(16(20)21)15(13)25-2)9-17-18-11-5-3-4-6-12(11)19(22)23/h3-9,18H,1-2H3,(H,20,21)/p-1/b17-9-. The molecule has 0 heterocycles.